The van der Waals surface area contributed by atoms with E-state index in [1.807, 2.05) is 32.0 Å². The third-order valence-electron chi connectivity index (χ3n) is 6.04. The van der Waals surface area contributed by atoms with Crippen LogP contribution in [0.3, 0.4) is 0 Å². The largest absolute Gasteiger partial charge is 0.507 e. The Morgan fingerprint density at radius 1 is 1.23 bits per heavy atom. The van der Waals surface area contributed by atoms with Crippen molar-refractivity contribution in [3.8, 4) is 11.4 Å². The quantitative estimate of drug-likeness (QED) is 0.470. The van der Waals surface area contributed by atoms with E-state index in [-0.39, 0.29) is 11.8 Å². The number of nitrogens with zero attached hydrogens (tertiary/aromatic N) is 3. The zero-order valence-electron chi connectivity index (χ0n) is 18.2. The average molecular weight is 420 g/mol. The van der Waals surface area contributed by atoms with Crippen molar-refractivity contribution in [2.45, 2.75) is 39.8 Å². The van der Waals surface area contributed by atoms with E-state index < -0.39 is 5.63 Å². The fourth-order valence-corrected chi connectivity index (χ4v) is 3.97. The summed E-state index contributed by atoms with van der Waals surface area (Å²) in [4.78, 5) is 17.2. The average Bonchev–Trinajstić information content (AvgIpc) is 3.30. The highest BCUT2D eigenvalue weighted by atomic mass is 16.4. The van der Waals surface area contributed by atoms with Crippen LogP contribution in [-0.4, -0.2) is 26.9 Å². The molecule has 0 spiro atoms. The standard InChI is InChI=1S/C24H26N4O3/c1-5-17-11-20-15(2)10-22(29)31-24(20)21(23(17)30)12-27(4)16(3)18-6-8-19(9-7-18)28-14-25-13-26-28/h6-11,13-14,16,30H,5,12H2,1-4H3/p+1/t16-/m0/s1. The van der Waals surface area contributed by atoms with Crippen LogP contribution in [0.4, 0.5) is 0 Å². The van der Waals surface area contributed by atoms with Gasteiger partial charge < -0.3 is 14.4 Å². The zero-order chi connectivity index (χ0) is 22.1. The van der Waals surface area contributed by atoms with Crippen molar-refractivity contribution in [3.63, 3.8) is 0 Å². The molecule has 4 aromatic rings. The summed E-state index contributed by atoms with van der Waals surface area (Å²) in [6, 6.07) is 11.8. The molecule has 2 N–H and O–H groups in total. The van der Waals surface area contributed by atoms with Crippen LogP contribution in [0.25, 0.3) is 16.7 Å². The summed E-state index contributed by atoms with van der Waals surface area (Å²) in [5.74, 6) is 0.219. The molecule has 160 valence electrons. The molecule has 0 aliphatic rings. The molecule has 1 unspecified atom stereocenters. The molecule has 2 aromatic heterocycles. The lowest BCUT2D eigenvalue weighted by molar-refractivity contribution is -0.923. The van der Waals surface area contributed by atoms with Gasteiger partial charge in [0.25, 0.3) is 0 Å². The first-order chi connectivity index (χ1) is 14.9. The Kier molecular flexibility index (Phi) is 5.61. The topological polar surface area (TPSA) is 85.6 Å². The fraction of sp³-hybridized carbons (Fsp3) is 0.292. The number of aromatic nitrogens is 3. The molecule has 2 aromatic carbocycles. The monoisotopic (exact) mass is 419 g/mol. The van der Waals surface area contributed by atoms with Crippen LogP contribution in [-0.2, 0) is 13.0 Å². The van der Waals surface area contributed by atoms with Crippen LogP contribution in [0, 0.1) is 6.92 Å². The third-order valence-corrected chi connectivity index (χ3v) is 6.04. The fourth-order valence-electron chi connectivity index (χ4n) is 3.97. The molecule has 0 aliphatic heterocycles. The minimum Gasteiger partial charge on any atom is -0.507 e. The number of aryl methyl sites for hydroxylation is 2. The Morgan fingerprint density at radius 2 is 1.97 bits per heavy atom. The number of fused-ring (bicyclic) bond motifs is 1. The van der Waals surface area contributed by atoms with Gasteiger partial charge in [0.15, 0.2) is 5.58 Å². The molecule has 0 radical (unpaired) electrons. The summed E-state index contributed by atoms with van der Waals surface area (Å²) in [5, 5.41) is 16.0. The van der Waals surface area contributed by atoms with E-state index in [0.29, 0.717) is 24.1 Å². The second-order valence-electron chi connectivity index (χ2n) is 8.02. The first kappa shape index (κ1) is 20.8. The molecule has 0 bridgehead atoms. The highest BCUT2D eigenvalue weighted by Gasteiger charge is 2.23. The van der Waals surface area contributed by atoms with Gasteiger partial charge in [-0.3, -0.25) is 0 Å². The molecule has 0 aliphatic carbocycles. The first-order valence-electron chi connectivity index (χ1n) is 10.4. The Bertz CT molecular complexity index is 1260. The van der Waals surface area contributed by atoms with Crippen molar-refractivity contribution in [3.05, 3.63) is 81.7 Å². The van der Waals surface area contributed by atoms with Gasteiger partial charge >= 0.3 is 5.63 Å². The van der Waals surface area contributed by atoms with Crippen LogP contribution in [0.2, 0.25) is 0 Å². The van der Waals surface area contributed by atoms with Crippen LogP contribution >= 0.6 is 0 Å². The van der Waals surface area contributed by atoms with E-state index in [1.54, 1.807) is 11.0 Å². The molecule has 0 amide bonds. The van der Waals surface area contributed by atoms with Gasteiger partial charge in [-0.15, -0.1) is 0 Å². The van der Waals surface area contributed by atoms with Gasteiger partial charge in [-0.25, -0.2) is 14.5 Å². The number of quaternary nitrogens is 1. The number of phenolic OH excluding ortho intramolecular Hbond substituents is 1. The van der Waals surface area contributed by atoms with Crippen LogP contribution in [0.15, 0.2) is 58.3 Å². The summed E-state index contributed by atoms with van der Waals surface area (Å²) in [5.41, 5.74) is 4.58. The first-order valence-corrected chi connectivity index (χ1v) is 10.4. The van der Waals surface area contributed by atoms with Gasteiger partial charge in [0.1, 0.15) is 31.0 Å². The van der Waals surface area contributed by atoms with Gasteiger partial charge in [0, 0.05) is 17.0 Å². The predicted octanol–water partition coefficient (Wildman–Crippen LogP) is 2.73. The lowest BCUT2D eigenvalue weighted by Gasteiger charge is -2.23. The number of hydrogen-bond acceptors (Lipinski definition) is 5. The maximum Gasteiger partial charge on any atom is 0.336 e. The van der Waals surface area contributed by atoms with Gasteiger partial charge in [0.05, 0.1) is 18.3 Å². The summed E-state index contributed by atoms with van der Waals surface area (Å²) in [7, 11) is 2.08. The van der Waals surface area contributed by atoms with Gasteiger partial charge in [-0.05, 0) is 49.6 Å². The summed E-state index contributed by atoms with van der Waals surface area (Å²) in [6.45, 7) is 6.57. The Morgan fingerprint density at radius 3 is 2.61 bits per heavy atom. The van der Waals surface area contributed by atoms with Crippen LogP contribution in [0.1, 0.15) is 42.1 Å². The number of benzene rings is 2. The van der Waals surface area contributed by atoms with E-state index >= 15 is 0 Å². The van der Waals surface area contributed by atoms with Gasteiger partial charge in [-0.2, -0.15) is 5.10 Å². The lowest BCUT2D eigenvalue weighted by atomic mass is 9.99. The normalized spacial score (nSPS) is 13.4. The molecule has 7 nitrogen and oxygen atoms in total. The molecule has 0 saturated heterocycles. The highest BCUT2D eigenvalue weighted by molar-refractivity contribution is 5.86. The Hall–Kier alpha value is -3.45. The van der Waals surface area contributed by atoms with E-state index in [2.05, 4.69) is 36.2 Å². The van der Waals surface area contributed by atoms with Crippen LogP contribution < -0.4 is 10.5 Å². The van der Waals surface area contributed by atoms with Crippen molar-refractivity contribution in [1.29, 1.82) is 0 Å². The van der Waals surface area contributed by atoms with E-state index in [0.717, 1.165) is 27.8 Å². The minimum absolute atomic E-state index is 0.154. The second-order valence-corrected chi connectivity index (χ2v) is 8.02. The molecule has 0 fully saturated rings. The zero-order valence-corrected chi connectivity index (χ0v) is 18.2. The molecule has 31 heavy (non-hydrogen) atoms. The van der Waals surface area contributed by atoms with Crippen LogP contribution in [0.5, 0.6) is 5.75 Å². The number of hydrogen-bond donors (Lipinski definition) is 2. The molecule has 7 heteroatoms. The molecule has 4 rings (SSSR count). The van der Waals surface area contributed by atoms with Crippen molar-refractivity contribution in [1.82, 2.24) is 14.8 Å². The maximum absolute atomic E-state index is 12.0. The van der Waals surface area contributed by atoms with E-state index in [4.69, 9.17) is 4.42 Å². The molecule has 0 saturated carbocycles. The number of aromatic hydroxyl groups is 1. The Labute approximate surface area is 180 Å². The molecular weight excluding hydrogens is 392 g/mol. The maximum atomic E-state index is 12.0. The number of nitrogens with one attached hydrogen (secondary N) is 1. The molecule has 2 atom stereocenters. The highest BCUT2D eigenvalue weighted by Crippen LogP contribution is 2.32. The van der Waals surface area contributed by atoms with Crippen molar-refractivity contribution in [2.75, 3.05) is 7.05 Å². The number of rotatable bonds is 6. The minimum atomic E-state index is -0.399. The third kappa shape index (κ3) is 3.96. The summed E-state index contributed by atoms with van der Waals surface area (Å²) < 4.78 is 7.27. The summed E-state index contributed by atoms with van der Waals surface area (Å²) >= 11 is 0. The predicted molar refractivity (Wildman–Crippen MR) is 119 cm³/mol. The smallest absolute Gasteiger partial charge is 0.336 e. The van der Waals surface area contributed by atoms with Crippen molar-refractivity contribution < 1.29 is 14.4 Å². The Balaban J connectivity index is 1.67. The van der Waals surface area contributed by atoms with E-state index in [1.165, 1.54) is 17.3 Å². The molecular formula is C24H27N4O3+. The van der Waals surface area contributed by atoms with Gasteiger partial charge in [-0.1, -0.05) is 19.1 Å². The SMILES string of the molecule is CCc1cc2c(C)cc(=O)oc2c(C[NH+](C)[C@@H](C)c2ccc(-n3cncn3)cc2)c1O. The van der Waals surface area contributed by atoms with E-state index in [9.17, 15) is 9.90 Å². The second kappa shape index (κ2) is 8.35. The van der Waals surface area contributed by atoms with Crippen molar-refractivity contribution in [2.24, 2.45) is 0 Å². The molecule has 2 heterocycles. The number of phenols is 1. The lowest BCUT2D eigenvalue weighted by Crippen LogP contribution is -3.07. The van der Waals surface area contributed by atoms with Gasteiger partial charge in [0.2, 0.25) is 0 Å². The summed E-state index contributed by atoms with van der Waals surface area (Å²) in [6.07, 6.45) is 3.88. The van der Waals surface area contributed by atoms with Crippen molar-refractivity contribution >= 4 is 11.0 Å².